The molecule has 0 heterocycles. The Morgan fingerprint density at radius 3 is 2.00 bits per heavy atom. The smallest absolute Gasteiger partial charge is 0.428 e. The first kappa shape index (κ1) is 16.4. The molecule has 1 atom stereocenters. The molecule has 0 N–H and O–H groups in total. The topological polar surface area (TPSA) is 35.5 Å². The van der Waals surface area contributed by atoms with E-state index in [9.17, 15) is 4.79 Å². The monoisotopic (exact) mass is 310 g/mol. The van der Waals surface area contributed by atoms with E-state index in [0.717, 1.165) is 0 Å². The zero-order valence-corrected chi connectivity index (χ0v) is 12.3. The van der Waals surface area contributed by atoms with Gasteiger partial charge in [-0.2, -0.15) is 0 Å². The van der Waals surface area contributed by atoms with E-state index >= 15 is 0 Å². The molecule has 0 spiro atoms. The number of carbonyl (C=O) groups is 1. The van der Waals surface area contributed by atoms with Crippen LogP contribution in [-0.4, -0.2) is 21.1 Å². The van der Waals surface area contributed by atoms with Crippen molar-refractivity contribution in [3.05, 3.63) is 0 Å². The summed E-state index contributed by atoms with van der Waals surface area (Å²) in [6, 6.07) is 0. The maximum Gasteiger partial charge on any atom is 0.510 e. The van der Waals surface area contributed by atoms with Gasteiger partial charge in [0.05, 0.1) is 0 Å². The molecular weight excluding hydrogens is 298 g/mol. The number of hydrogen-bond acceptors (Lipinski definition) is 3. The third kappa shape index (κ3) is 5.67. The van der Waals surface area contributed by atoms with Gasteiger partial charge in [-0.25, -0.2) is 4.79 Å². The van der Waals surface area contributed by atoms with E-state index in [0.29, 0.717) is 12.8 Å². The standard InChI is InChI=1S/C9H14Cl4O3/c1-4-8(3,5-2)16-7(14)15-6(10)9(11,12)13/h6H,4-5H2,1-3H3. The first-order valence-electron chi connectivity index (χ1n) is 4.75. The number of ether oxygens (including phenoxy) is 2. The zero-order chi connectivity index (χ0) is 13.0. The second-order valence-corrected chi connectivity index (χ2v) is 6.25. The van der Waals surface area contributed by atoms with Crippen LogP contribution in [0.1, 0.15) is 33.6 Å². The summed E-state index contributed by atoms with van der Waals surface area (Å²) in [6.07, 6.45) is 0.357. The Balaban J connectivity index is 4.29. The van der Waals surface area contributed by atoms with E-state index in [4.69, 9.17) is 51.1 Å². The van der Waals surface area contributed by atoms with Crippen molar-refractivity contribution in [1.82, 2.24) is 0 Å². The summed E-state index contributed by atoms with van der Waals surface area (Å²) in [4.78, 5) is 11.3. The van der Waals surface area contributed by atoms with Crippen LogP contribution in [0.5, 0.6) is 0 Å². The number of alkyl halides is 4. The maximum absolute atomic E-state index is 11.3. The fourth-order valence-electron chi connectivity index (χ4n) is 0.771. The van der Waals surface area contributed by atoms with Gasteiger partial charge in [0.2, 0.25) is 9.36 Å². The van der Waals surface area contributed by atoms with E-state index < -0.39 is 21.1 Å². The van der Waals surface area contributed by atoms with Crippen molar-refractivity contribution in [3.63, 3.8) is 0 Å². The van der Waals surface area contributed by atoms with Crippen LogP contribution < -0.4 is 0 Å². The van der Waals surface area contributed by atoms with Crippen molar-refractivity contribution in [3.8, 4) is 0 Å². The number of halogens is 4. The van der Waals surface area contributed by atoms with Crippen LogP contribution in [0.25, 0.3) is 0 Å². The second-order valence-electron chi connectivity index (χ2n) is 3.48. The van der Waals surface area contributed by atoms with Gasteiger partial charge < -0.3 is 9.47 Å². The molecule has 7 heteroatoms. The largest absolute Gasteiger partial charge is 0.510 e. The minimum absolute atomic E-state index is 0.596. The quantitative estimate of drug-likeness (QED) is 0.560. The lowest BCUT2D eigenvalue weighted by atomic mass is 10.0. The summed E-state index contributed by atoms with van der Waals surface area (Å²) in [5, 5.41) is 0. The average molecular weight is 312 g/mol. The molecule has 0 rings (SSSR count). The normalized spacial score (nSPS) is 14.4. The third-order valence-corrected chi connectivity index (χ3v) is 3.63. The summed E-state index contributed by atoms with van der Waals surface area (Å²) in [5.74, 6) is 0. The van der Waals surface area contributed by atoms with Crippen LogP contribution in [0.3, 0.4) is 0 Å². The minimum atomic E-state index is -1.88. The predicted octanol–water partition coefficient (Wildman–Crippen LogP) is 4.65. The molecular formula is C9H14Cl4O3. The third-order valence-electron chi connectivity index (χ3n) is 2.28. The maximum atomic E-state index is 11.3. The molecule has 0 saturated heterocycles. The molecule has 0 bridgehead atoms. The molecule has 0 aliphatic carbocycles. The van der Waals surface area contributed by atoms with Crippen LogP contribution >= 0.6 is 46.4 Å². The highest BCUT2D eigenvalue weighted by Gasteiger charge is 2.36. The van der Waals surface area contributed by atoms with Crippen molar-refractivity contribution in [2.45, 2.75) is 48.6 Å². The minimum Gasteiger partial charge on any atom is -0.428 e. The molecule has 3 nitrogen and oxygen atoms in total. The molecule has 0 aromatic heterocycles. The number of hydrogen-bond donors (Lipinski definition) is 0. The van der Waals surface area contributed by atoms with Crippen molar-refractivity contribution in [2.24, 2.45) is 0 Å². The van der Waals surface area contributed by atoms with E-state index in [1.54, 1.807) is 6.92 Å². The highest BCUT2D eigenvalue weighted by molar-refractivity contribution is 6.70. The molecule has 0 amide bonds. The lowest BCUT2D eigenvalue weighted by Crippen LogP contribution is -2.34. The molecule has 1 unspecified atom stereocenters. The fourth-order valence-corrected chi connectivity index (χ4v) is 0.977. The molecule has 0 radical (unpaired) electrons. The van der Waals surface area contributed by atoms with Crippen LogP contribution in [-0.2, 0) is 9.47 Å². The number of rotatable bonds is 4. The Morgan fingerprint density at radius 2 is 1.69 bits per heavy atom. The SMILES string of the molecule is CCC(C)(CC)OC(=O)OC(Cl)C(Cl)(Cl)Cl. The average Bonchev–Trinajstić information content (AvgIpc) is 2.15. The lowest BCUT2D eigenvalue weighted by Gasteiger charge is -2.27. The van der Waals surface area contributed by atoms with Gasteiger partial charge >= 0.3 is 6.16 Å². The number of carbonyl (C=O) groups excluding carboxylic acids is 1. The van der Waals surface area contributed by atoms with E-state index in [1.165, 1.54) is 0 Å². The Kier molecular flexibility index (Phi) is 6.56. The Bertz CT molecular complexity index is 235. The van der Waals surface area contributed by atoms with E-state index in [2.05, 4.69) is 4.74 Å². The zero-order valence-electron chi connectivity index (χ0n) is 9.23. The molecule has 0 aliphatic rings. The highest BCUT2D eigenvalue weighted by atomic mass is 35.6. The molecule has 0 aliphatic heterocycles. The molecule has 16 heavy (non-hydrogen) atoms. The van der Waals surface area contributed by atoms with Gasteiger partial charge in [-0.1, -0.05) is 60.3 Å². The Hall–Kier alpha value is 0.430. The molecule has 0 saturated carbocycles. The molecule has 0 aromatic carbocycles. The first-order valence-corrected chi connectivity index (χ1v) is 6.32. The second kappa shape index (κ2) is 6.39. The van der Waals surface area contributed by atoms with Crippen molar-refractivity contribution in [2.75, 3.05) is 0 Å². The molecule has 0 aromatic rings. The van der Waals surface area contributed by atoms with Gasteiger partial charge in [0.1, 0.15) is 5.60 Å². The van der Waals surface area contributed by atoms with Crippen LogP contribution in [0.15, 0.2) is 0 Å². The summed E-state index contributed by atoms with van der Waals surface area (Å²) < 4.78 is 7.82. The lowest BCUT2D eigenvalue weighted by molar-refractivity contribution is -0.0341. The van der Waals surface area contributed by atoms with Gasteiger partial charge in [-0.05, 0) is 19.8 Å². The first-order chi connectivity index (χ1) is 7.14. The van der Waals surface area contributed by atoms with E-state index in [-0.39, 0.29) is 0 Å². The van der Waals surface area contributed by atoms with Crippen LogP contribution in [0, 0.1) is 0 Å². The summed E-state index contributed by atoms with van der Waals surface area (Å²) in [6.45, 7) is 5.57. The van der Waals surface area contributed by atoms with Gasteiger partial charge in [0, 0.05) is 0 Å². The predicted molar refractivity (Wildman–Crippen MR) is 66.5 cm³/mol. The summed E-state index contributed by atoms with van der Waals surface area (Å²) in [5.41, 5.74) is -1.98. The van der Waals surface area contributed by atoms with Crippen molar-refractivity contribution in [1.29, 1.82) is 0 Å². The molecule has 0 fully saturated rings. The fraction of sp³-hybridized carbons (Fsp3) is 0.889. The summed E-state index contributed by atoms with van der Waals surface area (Å²) in [7, 11) is 0. The van der Waals surface area contributed by atoms with Gasteiger partial charge in [0.25, 0.3) is 0 Å². The summed E-state index contributed by atoms with van der Waals surface area (Å²) >= 11 is 21.8. The Labute approximate surface area is 115 Å². The van der Waals surface area contributed by atoms with E-state index in [1.807, 2.05) is 13.8 Å². The van der Waals surface area contributed by atoms with Crippen LogP contribution in [0.2, 0.25) is 0 Å². The van der Waals surface area contributed by atoms with Crippen LogP contribution in [0.4, 0.5) is 4.79 Å². The van der Waals surface area contributed by atoms with Crippen molar-refractivity contribution >= 4 is 52.6 Å². The van der Waals surface area contributed by atoms with Gasteiger partial charge in [-0.3, -0.25) is 0 Å². The van der Waals surface area contributed by atoms with Gasteiger partial charge in [-0.15, -0.1) is 0 Å². The molecule has 96 valence electrons. The van der Waals surface area contributed by atoms with Gasteiger partial charge in [0.15, 0.2) is 0 Å². The Morgan fingerprint density at radius 1 is 1.25 bits per heavy atom. The van der Waals surface area contributed by atoms with Crippen molar-refractivity contribution < 1.29 is 14.3 Å². The highest BCUT2D eigenvalue weighted by Crippen LogP contribution is 2.35.